The van der Waals surface area contributed by atoms with Crippen LogP contribution in [0.15, 0.2) is 34.2 Å². The molecule has 2 aromatic rings. The Bertz CT molecular complexity index is 711. The van der Waals surface area contributed by atoms with Crippen molar-refractivity contribution in [1.29, 1.82) is 0 Å². The number of anilines is 1. The Labute approximate surface area is 137 Å². The van der Waals surface area contributed by atoms with Crippen LogP contribution in [0.2, 0.25) is 0 Å². The maximum Gasteiger partial charge on any atom is 0.343 e. The molecule has 0 saturated heterocycles. The van der Waals surface area contributed by atoms with Crippen LogP contribution in [-0.4, -0.2) is 25.9 Å². The van der Waals surface area contributed by atoms with Gasteiger partial charge in [0.15, 0.2) is 5.16 Å². The molecule has 0 radical (unpaired) electrons. The molecular formula is C15H19FN4O2S. The maximum atomic E-state index is 12.9. The normalized spacial score (nSPS) is 12.1. The third-order valence-corrected chi connectivity index (χ3v) is 4.31. The van der Waals surface area contributed by atoms with Gasteiger partial charge in [0.25, 0.3) is 0 Å². The maximum absolute atomic E-state index is 12.9. The fourth-order valence-electron chi connectivity index (χ4n) is 1.90. The molecule has 23 heavy (non-hydrogen) atoms. The highest BCUT2D eigenvalue weighted by Crippen LogP contribution is 2.21. The van der Waals surface area contributed by atoms with E-state index in [4.69, 9.17) is 0 Å². The molecule has 1 atom stereocenters. The minimum atomic E-state index is -0.448. The molecule has 0 unspecified atom stereocenters. The number of nitrogens with zero attached hydrogens (tertiary/aromatic N) is 2. The third kappa shape index (κ3) is 4.69. The fraction of sp³-hybridized carbons (Fsp3) is 0.400. The predicted molar refractivity (Wildman–Crippen MR) is 88.1 cm³/mol. The minimum Gasteiger partial charge on any atom is -0.325 e. The van der Waals surface area contributed by atoms with Crippen molar-refractivity contribution in [2.75, 3.05) is 5.32 Å². The molecule has 0 saturated carbocycles. The Morgan fingerprint density at radius 1 is 1.43 bits per heavy atom. The quantitative estimate of drug-likeness (QED) is 0.761. The van der Waals surface area contributed by atoms with E-state index in [1.54, 1.807) is 6.92 Å². The van der Waals surface area contributed by atoms with Crippen molar-refractivity contribution < 1.29 is 9.18 Å². The first-order valence-corrected chi connectivity index (χ1v) is 8.27. The number of carbonyl (C=O) groups is 1. The molecule has 0 aliphatic carbocycles. The first kappa shape index (κ1) is 17.3. The second kappa shape index (κ2) is 7.96. The first-order chi connectivity index (χ1) is 11.0. The average Bonchev–Trinajstić information content (AvgIpc) is 2.87. The molecule has 1 amide bonds. The molecule has 1 aromatic heterocycles. The molecule has 124 valence electrons. The number of H-pyrrole nitrogens is 1. The number of benzene rings is 1. The zero-order chi connectivity index (χ0) is 16.8. The van der Waals surface area contributed by atoms with Gasteiger partial charge in [0.1, 0.15) is 5.82 Å². The summed E-state index contributed by atoms with van der Waals surface area (Å²) in [5.41, 5.74) is 0.251. The largest absolute Gasteiger partial charge is 0.343 e. The molecule has 2 N–H and O–H groups in total. The summed E-state index contributed by atoms with van der Waals surface area (Å²) in [6.45, 7) is 4.34. The number of nitrogens with one attached hydrogen (secondary N) is 2. The van der Waals surface area contributed by atoms with Crippen molar-refractivity contribution in [2.24, 2.45) is 0 Å². The van der Waals surface area contributed by atoms with Gasteiger partial charge < -0.3 is 5.32 Å². The predicted octanol–water partition coefficient (Wildman–Crippen LogP) is 2.63. The van der Waals surface area contributed by atoms with Gasteiger partial charge in [-0.15, -0.1) is 5.10 Å². The second-order valence-electron chi connectivity index (χ2n) is 5.07. The van der Waals surface area contributed by atoms with E-state index < -0.39 is 5.25 Å². The molecule has 1 heterocycles. The van der Waals surface area contributed by atoms with Crippen LogP contribution in [0.5, 0.6) is 0 Å². The van der Waals surface area contributed by atoms with Crippen LogP contribution < -0.4 is 11.0 Å². The lowest BCUT2D eigenvalue weighted by Crippen LogP contribution is -2.24. The zero-order valence-corrected chi connectivity index (χ0v) is 13.8. The summed E-state index contributed by atoms with van der Waals surface area (Å²) in [5.74, 6) is -0.596. The van der Waals surface area contributed by atoms with E-state index >= 15 is 0 Å². The highest BCUT2D eigenvalue weighted by molar-refractivity contribution is 8.00. The summed E-state index contributed by atoms with van der Waals surface area (Å²) in [7, 11) is 0. The molecule has 6 nitrogen and oxygen atoms in total. The number of thioether (sulfide) groups is 1. The number of rotatable bonds is 7. The molecule has 0 aliphatic rings. The van der Waals surface area contributed by atoms with Crippen molar-refractivity contribution in [3.05, 3.63) is 40.6 Å². The van der Waals surface area contributed by atoms with Gasteiger partial charge >= 0.3 is 5.69 Å². The van der Waals surface area contributed by atoms with E-state index in [1.807, 2.05) is 6.92 Å². The number of halogens is 1. The Morgan fingerprint density at radius 3 is 2.78 bits per heavy atom. The first-order valence-electron chi connectivity index (χ1n) is 7.39. The molecule has 0 bridgehead atoms. The molecule has 8 heteroatoms. The van der Waals surface area contributed by atoms with Crippen LogP contribution in [-0.2, 0) is 11.3 Å². The van der Waals surface area contributed by atoms with Crippen LogP contribution in [0.4, 0.5) is 10.1 Å². The number of hydrogen-bond donors (Lipinski definition) is 2. The number of aromatic nitrogens is 3. The van der Waals surface area contributed by atoms with Crippen LogP contribution >= 0.6 is 11.8 Å². The minimum absolute atomic E-state index is 0.237. The summed E-state index contributed by atoms with van der Waals surface area (Å²) in [6.07, 6.45) is 1.82. The highest BCUT2D eigenvalue weighted by atomic mass is 32.2. The smallest absolute Gasteiger partial charge is 0.325 e. The van der Waals surface area contributed by atoms with Gasteiger partial charge in [-0.1, -0.05) is 25.1 Å². The van der Waals surface area contributed by atoms with Gasteiger partial charge in [-0.05, 0) is 37.6 Å². The van der Waals surface area contributed by atoms with E-state index in [-0.39, 0.29) is 17.4 Å². The lowest BCUT2D eigenvalue weighted by Gasteiger charge is -2.12. The summed E-state index contributed by atoms with van der Waals surface area (Å²) in [6, 6.07) is 5.56. The number of hydrogen-bond acceptors (Lipinski definition) is 4. The number of aromatic amines is 1. The van der Waals surface area contributed by atoms with Crippen LogP contribution in [0.1, 0.15) is 26.7 Å². The van der Waals surface area contributed by atoms with Crippen molar-refractivity contribution in [3.8, 4) is 0 Å². The van der Waals surface area contributed by atoms with Crippen molar-refractivity contribution in [3.63, 3.8) is 0 Å². The molecule has 0 spiro atoms. The van der Waals surface area contributed by atoms with Gasteiger partial charge in [-0.25, -0.2) is 14.3 Å². The Morgan fingerprint density at radius 2 is 2.13 bits per heavy atom. The van der Waals surface area contributed by atoms with Crippen LogP contribution in [0, 0.1) is 5.82 Å². The van der Waals surface area contributed by atoms with E-state index in [1.165, 1.54) is 40.6 Å². The van der Waals surface area contributed by atoms with Gasteiger partial charge in [0.05, 0.1) is 5.25 Å². The Kier molecular flexibility index (Phi) is 5.97. The lowest BCUT2D eigenvalue weighted by molar-refractivity contribution is -0.115. The number of unbranched alkanes of at least 4 members (excludes halogenated alkanes) is 1. The Balaban J connectivity index is 2.01. The fourth-order valence-corrected chi connectivity index (χ4v) is 2.78. The average molecular weight is 338 g/mol. The van der Waals surface area contributed by atoms with Crippen molar-refractivity contribution >= 4 is 23.4 Å². The van der Waals surface area contributed by atoms with Gasteiger partial charge in [0.2, 0.25) is 5.91 Å². The van der Waals surface area contributed by atoms with E-state index in [9.17, 15) is 14.0 Å². The lowest BCUT2D eigenvalue weighted by atomic mass is 10.3. The monoisotopic (exact) mass is 338 g/mol. The van der Waals surface area contributed by atoms with Gasteiger partial charge in [-0.3, -0.25) is 9.36 Å². The molecule has 0 aliphatic heterocycles. The molecule has 0 fully saturated rings. The summed E-state index contributed by atoms with van der Waals surface area (Å²) >= 11 is 1.21. The topological polar surface area (TPSA) is 79.8 Å². The summed E-state index contributed by atoms with van der Waals surface area (Å²) in [4.78, 5) is 23.9. The second-order valence-corrected chi connectivity index (χ2v) is 6.38. The molecule has 2 rings (SSSR count). The Hall–Kier alpha value is -2.09. The summed E-state index contributed by atoms with van der Waals surface area (Å²) in [5, 5.41) is 9.13. The van der Waals surface area contributed by atoms with E-state index in [0.717, 1.165) is 12.8 Å². The van der Waals surface area contributed by atoms with Gasteiger partial charge in [0, 0.05) is 12.2 Å². The summed E-state index contributed by atoms with van der Waals surface area (Å²) < 4.78 is 14.4. The zero-order valence-electron chi connectivity index (χ0n) is 13.0. The highest BCUT2D eigenvalue weighted by Gasteiger charge is 2.19. The van der Waals surface area contributed by atoms with E-state index in [2.05, 4.69) is 15.5 Å². The van der Waals surface area contributed by atoms with E-state index in [0.29, 0.717) is 17.4 Å². The van der Waals surface area contributed by atoms with Crippen LogP contribution in [0.3, 0.4) is 0 Å². The number of carbonyl (C=O) groups excluding carboxylic acids is 1. The SMILES string of the molecule is CCCCn1c(S[C@H](C)C(=O)Nc2ccc(F)cc2)n[nH]c1=O. The van der Waals surface area contributed by atoms with Gasteiger partial charge in [-0.2, -0.15) is 0 Å². The van der Waals surface area contributed by atoms with Crippen LogP contribution in [0.25, 0.3) is 0 Å². The number of amides is 1. The standard InChI is InChI=1S/C15H19FN4O2S/c1-3-4-9-20-14(22)18-19-15(20)23-10(2)13(21)17-12-7-5-11(16)6-8-12/h5-8,10H,3-4,9H2,1-2H3,(H,17,21)(H,18,22)/t10-/m1/s1. The molecular weight excluding hydrogens is 319 g/mol. The molecule has 1 aromatic carbocycles. The third-order valence-electron chi connectivity index (χ3n) is 3.22. The van der Waals surface area contributed by atoms with Crippen molar-refractivity contribution in [1.82, 2.24) is 14.8 Å². The van der Waals surface area contributed by atoms with Crippen molar-refractivity contribution in [2.45, 2.75) is 43.6 Å².